The quantitative estimate of drug-likeness (QED) is 0.658. The first-order valence-corrected chi connectivity index (χ1v) is 6.92. The number of anilines is 1. The Morgan fingerprint density at radius 2 is 1.86 bits per heavy atom. The summed E-state index contributed by atoms with van der Waals surface area (Å²) in [4.78, 5) is 33.6. The van der Waals surface area contributed by atoms with E-state index in [1.807, 2.05) is 6.92 Å². The van der Waals surface area contributed by atoms with E-state index in [1.54, 1.807) is 31.2 Å². The van der Waals surface area contributed by atoms with Crippen LogP contribution in [0.1, 0.15) is 19.4 Å². The molecule has 1 rings (SSSR count). The van der Waals surface area contributed by atoms with Crippen molar-refractivity contribution in [2.24, 2.45) is 0 Å². The van der Waals surface area contributed by atoms with Gasteiger partial charge in [0.15, 0.2) is 0 Å². The number of aliphatic carboxylic acids is 1. The van der Waals surface area contributed by atoms with Crippen LogP contribution >= 0.6 is 0 Å². The highest BCUT2D eigenvalue weighted by Crippen LogP contribution is 2.11. The van der Waals surface area contributed by atoms with Crippen molar-refractivity contribution in [3.63, 3.8) is 0 Å². The third kappa shape index (κ3) is 6.36. The summed E-state index contributed by atoms with van der Waals surface area (Å²) in [5, 5.41) is 13.5. The van der Waals surface area contributed by atoms with Crippen LogP contribution in [0.2, 0.25) is 0 Å². The van der Waals surface area contributed by atoms with Gasteiger partial charge in [-0.3, -0.25) is 14.4 Å². The number of hydrogen-bond acceptors (Lipinski definition) is 4. The van der Waals surface area contributed by atoms with Gasteiger partial charge in [0.25, 0.3) is 5.91 Å². The molecular weight excluding hydrogens is 288 g/mol. The first kappa shape index (κ1) is 17.6. The number of carbonyl (C=O) groups is 3. The Balaban J connectivity index is 2.50. The van der Waals surface area contributed by atoms with Gasteiger partial charge in [0.1, 0.15) is 12.6 Å². The molecule has 1 unspecified atom stereocenters. The highest BCUT2D eigenvalue weighted by Gasteiger charge is 2.12. The fourth-order valence-electron chi connectivity index (χ4n) is 1.70. The van der Waals surface area contributed by atoms with Crippen LogP contribution in [0.5, 0.6) is 0 Å². The van der Waals surface area contributed by atoms with E-state index in [0.717, 1.165) is 5.56 Å². The number of hydrogen-bond donors (Lipinski definition) is 3. The van der Waals surface area contributed by atoms with E-state index >= 15 is 0 Å². The normalized spacial score (nSPS) is 11.5. The molecule has 0 aliphatic rings. The molecule has 1 aromatic rings. The Kier molecular flexibility index (Phi) is 7.04. The van der Waals surface area contributed by atoms with Crippen LogP contribution in [0.3, 0.4) is 0 Å². The Labute approximate surface area is 128 Å². The largest absolute Gasteiger partial charge is 0.480 e. The molecule has 0 saturated carbocycles. The summed E-state index contributed by atoms with van der Waals surface area (Å²) in [6.45, 7) is 3.54. The number of benzene rings is 1. The maximum absolute atomic E-state index is 11.8. The van der Waals surface area contributed by atoms with Crippen LogP contribution in [-0.4, -0.2) is 42.1 Å². The van der Waals surface area contributed by atoms with Gasteiger partial charge in [-0.25, -0.2) is 0 Å². The maximum Gasteiger partial charge on any atom is 0.322 e. The molecule has 0 aliphatic carbocycles. The van der Waals surface area contributed by atoms with Crippen molar-refractivity contribution < 1.29 is 24.2 Å². The van der Waals surface area contributed by atoms with Gasteiger partial charge in [-0.1, -0.05) is 12.1 Å². The Morgan fingerprint density at radius 1 is 1.23 bits per heavy atom. The Hall–Kier alpha value is -2.41. The van der Waals surface area contributed by atoms with Crippen molar-refractivity contribution in [2.45, 2.75) is 26.4 Å². The summed E-state index contributed by atoms with van der Waals surface area (Å²) in [7, 11) is 0. The van der Waals surface area contributed by atoms with Gasteiger partial charge in [-0.05, 0) is 31.5 Å². The van der Waals surface area contributed by atoms with Crippen molar-refractivity contribution in [1.82, 2.24) is 5.32 Å². The molecule has 0 saturated heterocycles. The molecule has 7 nitrogen and oxygen atoms in total. The second-order valence-electron chi connectivity index (χ2n) is 4.63. The molecule has 0 fully saturated rings. The van der Waals surface area contributed by atoms with Crippen LogP contribution in [0.25, 0.3) is 0 Å². The van der Waals surface area contributed by atoms with Crippen LogP contribution in [0.4, 0.5) is 5.69 Å². The second kappa shape index (κ2) is 8.78. The van der Waals surface area contributed by atoms with Crippen molar-refractivity contribution in [3.8, 4) is 0 Å². The third-order valence-electron chi connectivity index (χ3n) is 2.81. The zero-order valence-corrected chi connectivity index (χ0v) is 12.6. The molecule has 22 heavy (non-hydrogen) atoms. The Bertz CT molecular complexity index is 527. The summed E-state index contributed by atoms with van der Waals surface area (Å²) in [5.41, 5.74) is 1.32. The minimum atomic E-state index is -1.09. The molecule has 1 atom stereocenters. The van der Waals surface area contributed by atoms with E-state index in [1.165, 1.54) is 0 Å². The zero-order chi connectivity index (χ0) is 16.5. The topological polar surface area (TPSA) is 105 Å². The summed E-state index contributed by atoms with van der Waals surface area (Å²) < 4.78 is 5.19. The van der Waals surface area contributed by atoms with E-state index in [-0.39, 0.29) is 18.2 Å². The molecule has 0 bridgehead atoms. The fraction of sp³-hybridized carbons (Fsp3) is 0.400. The third-order valence-corrected chi connectivity index (χ3v) is 2.81. The lowest BCUT2D eigenvalue weighted by molar-refractivity contribution is -0.137. The number of rotatable bonds is 8. The number of amides is 2. The highest BCUT2D eigenvalue weighted by atomic mass is 16.5. The summed E-state index contributed by atoms with van der Waals surface area (Å²) >= 11 is 0. The number of carbonyl (C=O) groups excluding carboxylic acids is 2. The zero-order valence-electron chi connectivity index (χ0n) is 12.6. The van der Waals surface area contributed by atoms with Crippen LogP contribution in [-0.2, 0) is 25.5 Å². The molecule has 0 heterocycles. The number of ether oxygens (including phenoxy) is 1. The second-order valence-corrected chi connectivity index (χ2v) is 4.63. The highest BCUT2D eigenvalue weighted by molar-refractivity contribution is 5.94. The van der Waals surface area contributed by atoms with Crippen LogP contribution < -0.4 is 10.6 Å². The molecule has 1 aromatic carbocycles. The summed E-state index contributed by atoms with van der Waals surface area (Å²) in [6.07, 6.45) is -0.455. The van der Waals surface area contributed by atoms with Gasteiger partial charge >= 0.3 is 5.97 Å². The monoisotopic (exact) mass is 308 g/mol. The van der Waals surface area contributed by atoms with E-state index in [2.05, 4.69) is 10.6 Å². The number of carboxylic acid groups (broad SMARTS) is 1. The lowest BCUT2D eigenvalue weighted by Crippen LogP contribution is -2.30. The molecular formula is C15H20N2O5. The van der Waals surface area contributed by atoms with E-state index in [0.29, 0.717) is 12.3 Å². The van der Waals surface area contributed by atoms with Crippen molar-refractivity contribution in [1.29, 1.82) is 0 Å². The predicted octanol–water partition coefficient (Wildman–Crippen LogP) is 0.793. The maximum atomic E-state index is 11.8. The van der Waals surface area contributed by atoms with Crippen molar-refractivity contribution >= 4 is 23.5 Å². The fourth-order valence-corrected chi connectivity index (χ4v) is 1.70. The standard InChI is InChI=1S/C15H20N2O5/c1-3-22-10(2)15(21)17-12-6-4-11(5-7-12)8-13(18)16-9-14(19)20/h4-7,10H,3,8-9H2,1-2H3,(H,16,18)(H,17,21)(H,19,20). The summed E-state index contributed by atoms with van der Waals surface area (Å²) in [6, 6.07) is 6.75. The number of carboxylic acids is 1. The van der Waals surface area contributed by atoms with Crippen molar-refractivity contribution in [2.75, 3.05) is 18.5 Å². The predicted molar refractivity (Wildman–Crippen MR) is 80.5 cm³/mol. The summed E-state index contributed by atoms with van der Waals surface area (Å²) in [5.74, 6) is -1.70. The molecule has 0 radical (unpaired) electrons. The molecule has 3 N–H and O–H groups in total. The van der Waals surface area contributed by atoms with Gasteiger partial charge in [-0.2, -0.15) is 0 Å². The minimum Gasteiger partial charge on any atom is -0.480 e. The van der Waals surface area contributed by atoms with E-state index in [4.69, 9.17) is 9.84 Å². The van der Waals surface area contributed by atoms with E-state index < -0.39 is 18.6 Å². The van der Waals surface area contributed by atoms with Crippen molar-refractivity contribution in [3.05, 3.63) is 29.8 Å². The molecule has 7 heteroatoms. The van der Waals surface area contributed by atoms with Crippen LogP contribution in [0, 0.1) is 0 Å². The lowest BCUT2D eigenvalue weighted by Gasteiger charge is -2.12. The average molecular weight is 308 g/mol. The molecule has 0 aliphatic heterocycles. The smallest absolute Gasteiger partial charge is 0.322 e. The molecule has 120 valence electrons. The van der Waals surface area contributed by atoms with Gasteiger partial charge in [0, 0.05) is 12.3 Å². The van der Waals surface area contributed by atoms with Gasteiger partial charge in [0.05, 0.1) is 6.42 Å². The lowest BCUT2D eigenvalue weighted by atomic mass is 10.1. The Morgan fingerprint density at radius 3 is 2.41 bits per heavy atom. The molecule has 0 aromatic heterocycles. The SMILES string of the molecule is CCOC(C)C(=O)Nc1ccc(CC(=O)NCC(=O)O)cc1. The first-order chi connectivity index (χ1) is 10.4. The molecule has 2 amide bonds. The van der Waals surface area contributed by atoms with Crippen LogP contribution in [0.15, 0.2) is 24.3 Å². The van der Waals surface area contributed by atoms with E-state index in [9.17, 15) is 14.4 Å². The van der Waals surface area contributed by atoms with Gasteiger partial charge in [-0.15, -0.1) is 0 Å². The number of nitrogens with one attached hydrogen (secondary N) is 2. The molecule has 0 spiro atoms. The average Bonchev–Trinajstić information content (AvgIpc) is 2.47. The minimum absolute atomic E-state index is 0.0802. The first-order valence-electron chi connectivity index (χ1n) is 6.92. The van der Waals surface area contributed by atoms with Gasteiger partial charge in [0.2, 0.25) is 5.91 Å². The van der Waals surface area contributed by atoms with Gasteiger partial charge < -0.3 is 20.5 Å².